The van der Waals surface area contributed by atoms with E-state index in [-0.39, 0.29) is 29.9 Å². The van der Waals surface area contributed by atoms with E-state index in [4.69, 9.17) is 15.9 Å². The average molecular weight is 264 g/mol. The first-order valence-electron chi connectivity index (χ1n) is 6.73. The number of fused-ring (bicyclic) bond motifs is 2. The van der Waals surface area contributed by atoms with E-state index in [1.165, 1.54) is 0 Å². The third-order valence-corrected chi connectivity index (χ3v) is 4.10. The van der Waals surface area contributed by atoms with Crippen LogP contribution in [0.2, 0.25) is 0 Å². The average Bonchev–Trinajstić information content (AvgIpc) is 2.49. The normalized spacial score (nSPS) is 38.2. The number of hydrogen-bond donors (Lipinski definition) is 0. The molecule has 1 aliphatic carbocycles. The number of carbonyl (C=O) groups is 2. The van der Waals surface area contributed by atoms with Crippen molar-refractivity contribution in [2.75, 3.05) is 0 Å². The lowest BCUT2D eigenvalue weighted by Crippen LogP contribution is -2.41. The highest BCUT2D eigenvalue weighted by molar-refractivity contribution is 5.84. The van der Waals surface area contributed by atoms with Gasteiger partial charge in [0.2, 0.25) is 0 Å². The van der Waals surface area contributed by atoms with E-state index in [1.807, 2.05) is 13.8 Å². The van der Waals surface area contributed by atoms with Gasteiger partial charge in [-0.05, 0) is 26.2 Å². The van der Waals surface area contributed by atoms with Gasteiger partial charge in [-0.1, -0.05) is 6.92 Å². The van der Waals surface area contributed by atoms with Gasteiger partial charge in [-0.25, -0.2) is 0 Å². The fraction of sp³-hybridized carbons (Fsp3) is 0.733. The highest BCUT2D eigenvalue weighted by Crippen LogP contribution is 2.48. The second-order valence-electron chi connectivity index (χ2n) is 6.04. The van der Waals surface area contributed by atoms with Crippen molar-refractivity contribution in [2.24, 2.45) is 17.8 Å². The van der Waals surface area contributed by atoms with E-state index in [1.54, 1.807) is 6.92 Å². The Morgan fingerprint density at radius 3 is 2.95 bits per heavy atom. The summed E-state index contributed by atoms with van der Waals surface area (Å²) in [6.45, 7) is 5.68. The molecule has 0 aromatic heterocycles. The zero-order valence-corrected chi connectivity index (χ0v) is 11.6. The minimum Gasteiger partial charge on any atom is -0.461 e. The van der Waals surface area contributed by atoms with E-state index in [2.05, 4.69) is 5.92 Å². The molecule has 0 aromatic carbocycles. The molecule has 1 saturated heterocycles. The summed E-state index contributed by atoms with van der Waals surface area (Å²) in [5, 5.41) is 0. The number of hydrogen-bond acceptors (Lipinski definition) is 4. The van der Waals surface area contributed by atoms with E-state index < -0.39 is 11.5 Å². The van der Waals surface area contributed by atoms with Gasteiger partial charge in [0.15, 0.2) is 0 Å². The van der Waals surface area contributed by atoms with Crippen LogP contribution in [-0.2, 0) is 19.1 Å². The molecule has 3 unspecified atom stereocenters. The van der Waals surface area contributed by atoms with Gasteiger partial charge in [-0.2, -0.15) is 0 Å². The Kier molecular flexibility index (Phi) is 3.58. The maximum atomic E-state index is 12.2. The lowest BCUT2D eigenvalue weighted by molar-refractivity contribution is -0.160. The largest absolute Gasteiger partial charge is 0.461 e. The van der Waals surface area contributed by atoms with Crippen LogP contribution in [0.1, 0.15) is 40.0 Å². The smallest absolute Gasteiger partial charge is 0.310 e. The Bertz CT molecular complexity index is 436. The van der Waals surface area contributed by atoms with Crippen molar-refractivity contribution in [1.82, 2.24) is 0 Å². The summed E-state index contributed by atoms with van der Waals surface area (Å²) >= 11 is 0. The van der Waals surface area contributed by atoms with E-state index >= 15 is 0 Å². The van der Waals surface area contributed by atoms with Crippen LogP contribution in [-0.4, -0.2) is 23.6 Å². The van der Waals surface area contributed by atoms with Crippen molar-refractivity contribution in [2.45, 2.75) is 51.7 Å². The summed E-state index contributed by atoms with van der Waals surface area (Å²) in [4.78, 5) is 24.1. The standard InChI is InChI=1S/C15H20O4/c1-5-6-10(3)18-14(17)12-9(2)7-15(4)8-11(12)13(16)19-15/h1,9-12H,6-8H2,2-4H3/t9?,10?,11-,12?,15+/m0/s1. The van der Waals surface area contributed by atoms with Crippen LogP contribution in [0.15, 0.2) is 0 Å². The summed E-state index contributed by atoms with van der Waals surface area (Å²) < 4.78 is 10.7. The summed E-state index contributed by atoms with van der Waals surface area (Å²) in [6.07, 6.45) is 6.59. The minimum absolute atomic E-state index is 0.0840. The van der Waals surface area contributed by atoms with Gasteiger partial charge >= 0.3 is 11.9 Å². The summed E-state index contributed by atoms with van der Waals surface area (Å²) in [5.74, 6) is 1.21. The second kappa shape index (κ2) is 4.88. The molecule has 0 spiro atoms. The lowest BCUT2D eigenvalue weighted by Gasteiger charge is -2.35. The molecule has 5 atom stereocenters. The third kappa shape index (κ3) is 2.60. The van der Waals surface area contributed by atoms with Crippen molar-refractivity contribution in [3.05, 3.63) is 0 Å². The lowest BCUT2D eigenvalue weighted by atomic mass is 9.69. The second-order valence-corrected chi connectivity index (χ2v) is 6.04. The molecule has 2 aliphatic rings. The number of terminal acetylenes is 1. The first-order valence-corrected chi connectivity index (χ1v) is 6.73. The molecule has 0 radical (unpaired) electrons. The van der Waals surface area contributed by atoms with Crippen LogP contribution < -0.4 is 0 Å². The first kappa shape index (κ1) is 13.9. The SMILES string of the molecule is C#CCC(C)OC(=O)C1C(C)C[C@]2(C)C[C@@H]1C(=O)O2. The third-order valence-electron chi connectivity index (χ3n) is 4.10. The van der Waals surface area contributed by atoms with Gasteiger partial charge in [0.05, 0.1) is 11.8 Å². The molecular formula is C15H20O4. The molecule has 0 N–H and O–H groups in total. The summed E-state index contributed by atoms with van der Waals surface area (Å²) in [6, 6.07) is 0. The van der Waals surface area contributed by atoms with Crippen LogP contribution in [0.3, 0.4) is 0 Å². The Morgan fingerprint density at radius 1 is 1.63 bits per heavy atom. The highest BCUT2D eigenvalue weighted by Gasteiger charge is 2.56. The zero-order chi connectivity index (χ0) is 14.2. The van der Waals surface area contributed by atoms with Gasteiger partial charge < -0.3 is 9.47 Å². The topological polar surface area (TPSA) is 52.6 Å². The molecule has 1 saturated carbocycles. The van der Waals surface area contributed by atoms with Crippen LogP contribution in [0.25, 0.3) is 0 Å². The molecule has 0 aromatic rings. The molecule has 4 nitrogen and oxygen atoms in total. The van der Waals surface area contributed by atoms with E-state index in [0.717, 1.165) is 0 Å². The molecule has 4 heteroatoms. The maximum absolute atomic E-state index is 12.2. The van der Waals surface area contributed by atoms with Crippen LogP contribution in [0.5, 0.6) is 0 Å². The van der Waals surface area contributed by atoms with Crippen molar-refractivity contribution >= 4 is 11.9 Å². The van der Waals surface area contributed by atoms with Gasteiger partial charge in [-0.15, -0.1) is 12.3 Å². The molecule has 1 heterocycles. The Balaban J connectivity index is 2.09. The Labute approximate surface area is 113 Å². The van der Waals surface area contributed by atoms with Crippen molar-refractivity contribution in [3.8, 4) is 12.3 Å². The summed E-state index contributed by atoms with van der Waals surface area (Å²) in [5.41, 5.74) is -0.400. The van der Waals surface area contributed by atoms with Gasteiger partial charge in [0.25, 0.3) is 0 Å². The molecule has 104 valence electrons. The van der Waals surface area contributed by atoms with E-state index in [0.29, 0.717) is 19.3 Å². The monoisotopic (exact) mass is 264 g/mol. The molecule has 0 amide bonds. The van der Waals surface area contributed by atoms with Crippen LogP contribution in [0, 0.1) is 30.1 Å². The van der Waals surface area contributed by atoms with Gasteiger partial charge in [-0.3, -0.25) is 9.59 Å². The molecule has 2 fully saturated rings. The fourth-order valence-electron chi connectivity index (χ4n) is 3.39. The first-order chi connectivity index (χ1) is 8.86. The quantitative estimate of drug-likeness (QED) is 0.577. The van der Waals surface area contributed by atoms with Gasteiger partial charge in [0.1, 0.15) is 11.7 Å². The highest BCUT2D eigenvalue weighted by atomic mass is 16.6. The van der Waals surface area contributed by atoms with Crippen molar-refractivity contribution < 1.29 is 19.1 Å². The summed E-state index contributed by atoms with van der Waals surface area (Å²) in [7, 11) is 0. The molecule has 2 rings (SSSR count). The minimum atomic E-state index is -0.400. The maximum Gasteiger partial charge on any atom is 0.310 e. The fourth-order valence-corrected chi connectivity index (χ4v) is 3.39. The van der Waals surface area contributed by atoms with E-state index in [9.17, 15) is 9.59 Å². The van der Waals surface area contributed by atoms with Gasteiger partial charge in [0, 0.05) is 12.8 Å². The molecule has 1 aliphatic heterocycles. The van der Waals surface area contributed by atoms with Crippen LogP contribution >= 0.6 is 0 Å². The Morgan fingerprint density at radius 2 is 2.32 bits per heavy atom. The molecule has 19 heavy (non-hydrogen) atoms. The number of esters is 2. The number of carbonyl (C=O) groups excluding carboxylic acids is 2. The van der Waals surface area contributed by atoms with Crippen molar-refractivity contribution in [1.29, 1.82) is 0 Å². The molecular weight excluding hydrogens is 244 g/mol. The predicted molar refractivity (Wildman–Crippen MR) is 68.9 cm³/mol. The Hall–Kier alpha value is -1.50. The molecule has 2 bridgehead atoms. The zero-order valence-electron chi connectivity index (χ0n) is 11.6. The predicted octanol–water partition coefficient (Wildman–Crippen LogP) is 1.92. The van der Waals surface area contributed by atoms with Crippen molar-refractivity contribution in [3.63, 3.8) is 0 Å². The number of rotatable bonds is 3. The van der Waals surface area contributed by atoms with Crippen LogP contribution in [0.4, 0.5) is 0 Å². The number of ether oxygens (including phenoxy) is 2.